The molecule has 0 saturated heterocycles. The number of thioether (sulfide) groups is 1. The van der Waals surface area contributed by atoms with Crippen LogP contribution in [0.5, 0.6) is 0 Å². The number of carbonyl (C=O) groups is 2. The smallest absolute Gasteiger partial charge is 0.243 e. The molecule has 0 radical (unpaired) electrons. The van der Waals surface area contributed by atoms with Crippen molar-refractivity contribution in [1.29, 1.82) is 0 Å². The second kappa shape index (κ2) is 9.13. The summed E-state index contributed by atoms with van der Waals surface area (Å²) in [6.07, 6.45) is 0. The fourth-order valence-corrected chi connectivity index (χ4v) is 4.22. The number of benzene rings is 2. The normalized spacial score (nSPS) is 10.9. The van der Waals surface area contributed by atoms with Gasteiger partial charge < -0.3 is 14.8 Å². The molecule has 0 unspecified atom stereocenters. The SMILES string of the molecule is CCn1c(SCC(=O)N(C)CC(=O)Nc2c(C)cccc2C)nc2ccccc21. The van der Waals surface area contributed by atoms with Crippen LogP contribution in [-0.4, -0.2) is 45.6 Å². The van der Waals surface area contributed by atoms with Crippen molar-refractivity contribution in [2.75, 3.05) is 24.7 Å². The van der Waals surface area contributed by atoms with Crippen LogP contribution < -0.4 is 5.32 Å². The molecule has 1 heterocycles. The Morgan fingerprint density at radius 3 is 2.48 bits per heavy atom. The van der Waals surface area contributed by atoms with E-state index in [1.165, 1.54) is 16.7 Å². The third-order valence-corrected chi connectivity index (χ3v) is 5.77. The van der Waals surface area contributed by atoms with Crippen LogP contribution in [0.1, 0.15) is 18.1 Å². The number of fused-ring (bicyclic) bond motifs is 1. The van der Waals surface area contributed by atoms with Crippen molar-refractivity contribution in [2.45, 2.75) is 32.5 Å². The summed E-state index contributed by atoms with van der Waals surface area (Å²) in [6, 6.07) is 13.8. The maximum absolute atomic E-state index is 12.5. The number of carbonyl (C=O) groups excluding carboxylic acids is 2. The molecule has 1 aromatic heterocycles. The Morgan fingerprint density at radius 2 is 1.79 bits per heavy atom. The summed E-state index contributed by atoms with van der Waals surface area (Å²) in [5, 5.41) is 3.73. The Kier molecular flexibility index (Phi) is 6.59. The van der Waals surface area contributed by atoms with E-state index >= 15 is 0 Å². The van der Waals surface area contributed by atoms with Gasteiger partial charge in [-0.3, -0.25) is 9.59 Å². The molecule has 6 nitrogen and oxygen atoms in total. The first kappa shape index (κ1) is 20.9. The van der Waals surface area contributed by atoms with Gasteiger partial charge in [0.1, 0.15) is 0 Å². The van der Waals surface area contributed by atoms with Gasteiger partial charge in [-0.1, -0.05) is 42.1 Å². The van der Waals surface area contributed by atoms with Crippen molar-refractivity contribution >= 4 is 40.3 Å². The zero-order chi connectivity index (χ0) is 21.0. The van der Waals surface area contributed by atoms with E-state index in [4.69, 9.17) is 0 Å². The average Bonchev–Trinajstić information content (AvgIpc) is 3.06. The predicted octanol–water partition coefficient (Wildman–Crippen LogP) is 3.86. The van der Waals surface area contributed by atoms with Crippen LogP contribution in [0.15, 0.2) is 47.6 Å². The number of anilines is 1. The van der Waals surface area contributed by atoms with Gasteiger partial charge in [0.15, 0.2) is 5.16 Å². The van der Waals surface area contributed by atoms with Crippen LogP contribution in [0.3, 0.4) is 0 Å². The third-order valence-electron chi connectivity index (χ3n) is 4.81. The van der Waals surface area contributed by atoms with Crippen molar-refractivity contribution < 1.29 is 9.59 Å². The molecule has 0 aliphatic heterocycles. The number of hydrogen-bond acceptors (Lipinski definition) is 4. The minimum Gasteiger partial charge on any atom is -0.336 e. The molecular weight excluding hydrogens is 384 g/mol. The van der Waals surface area contributed by atoms with Gasteiger partial charge in [0.05, 0.1) is 23.3 Å². The van der Waals surface area contributed by atoms with Crippen LogP contribution >= 0.6 is 11.8 Å². The fourth-order valence-electron chi connectivity index (χ4n) is 3.20. The zero-order valence-corrected chi connectivity index (χ0v) is 18.0. The minimum absolute atomic E-state index is 0.0113. The molecule has 2 amide bonds. The molecule has 0 saturated carbocycles. The molecule has 3 rings (SSSR count). The summed E-state index contributed by atoms with van der Waals surface area (Å²) in [7, 11) is 1.65. The summed E-state index contributed by atoms with van der Waals surface area (Å²) in [5.74, 6) is -0.0818. The highest BCUT2D eigenvalue weighted by molar-refractivity contribution is 7.99. The molecule has 0 atom stereocenters. The number of para-hydroxylation sites is 3. The average molecular weight is 411 g/mol. The first-order chi connectivity index (χ1) is 13.9. The summed E-state index contributed by atoms with van der Waals surface area (Å²) in [5.41, 5.74) is 4.80. The fraction of sp³-hybridized carbons (Fsp3) is 0.318. The van der Waals surface area contributed by atoms with Crippen molar-refractivity contribution in [1.82, 2.24) is 14.5 Å². The topological polar surface area (TPSA) is 67.2 Å². The van der Waals surface area contributed by atoms with Gasteiger partial charge in [0.25, 0.3) is 0 Å². The molecule has 3 aromatic rings. The Morgan fingerprint density at radius 1 is 1.10 bits per heavy atom. The first-order valence-electron chi connectivity index (χ1n) is 9.58. The number of likely N-dealkylation sites (N-methyl/N-ethyl adjacent to an activating group) is 1. The summed E-state index contributed by atoms with van der Waals surface area (Å²) < 4.78 is 2.10. The monoisotopic (exact) mass is 410 g/mol. The summed E-state index contributed by atoms with van der Waals surface area (Å²) >= 11 is 1.40. The third kappa shape index (κ3) is 4.79. The standard InChI is InChI=1S/C22H26N4O2S/c1-5-26-18-12-7-6-11-17(18)23-22(26)29-14-20(28)25(4)13-19(27)24-21-15(2)9-8-10-16(21)3/h6-12H,5,13-14H2,1-4H3,(H,24,27). The maximum Gasteiger partial charge on any atom is 0.243 e. The Bertz CT molecular complexity index is 1020. The molecular formula is C22H26N4O2S. The van der Waals surface area contributed by atoms with Gasteiger partial charge in [-0.15, -0.1) is 0 Å². The van der Waals surface area contributed by atoms with E-state index in [1.807, 2.05) is 56.3 Å². The number of aryl methyl sites for hydroxylation is 3. The lowest BCUT2D eigenvalue weighted by Crippen LogP contribution is -2.36. The number of rotatable bonds is 7. The van der Waals surface area contributed by atoms with E-state index < -0.39 is 0 Å². The van der Waals surface area contributed by atoms with E-state index in [9.17, 15) is 9.59 Å². The molecule has 0 aliphatic carbocycles. The molecule has 0 aliphatic rings. The van der Waals surface area contributed by atoms with Crippen molar-refractivity contribution in [2.24, 2.45) is 0 Å². The van der Waals surface area contributed by atoms with Gasteiger partial charge >= 0.3 is 0 Å². The molecule has 0 bridgehead atoms. The summed E-state index contributed by atoms with van der Waals surface area (Å²) in [6.45, 7) is 6.76. The van der Waals surface area contributed by atoms with E-state index in [0.29, 0.717) is 0 Å². The highest BCUT2D eigenvalue weighted by Gasteiger charge is 2.17. The van der Waals surface area contributed by atoms with E-state index in [1.54, 1.807) is 7.05 Å². The number of imidazole rings is 1. The van der Waals surface area contributed by atoms with Crippen molar-refractivity contribution in [3.8, 4) is 0 Å². The van der Waals surface area contributed by atoms with E-state index in [0.717, 1.165) is 39.5 Å². The maximum atomic E-state index is 12.5. The molecule has 29 heavy (non-hydrogen) atoms. The molecule has 0 fully saturated rings. The van der Waals surface area contributed by atoms with Gasteiger partial charge in [0, 0.05) is 19.3 Å². The summed E-state index contributed by atoms with van der Waals surface area (Å²) in [4.78, 5) is 31.0. The number of nitrogens with one attached hydrogen (secondary N) is 1. The Labute approximate surface area is 175 Å². The lowest BCUT2D eigenvalue weighted by Gasteiger charge is -2.18. The quantitative estimate of drug-likeness (QED) is 0.601. The van der Waals surface area contributed by atoms with Crippen LogP contribution in [0.2, 0.25) is 0 Å². The lowest BCUT2D eigenvalue weighted by molar-refractivity contribution is -0.131. The molecule has 7 heteroatoms. The Balaban J connectivity index is 1.59. The highest BCUT2D eigenvalue weighted by Crippen LogP contribution is 2.24. The number of nitrogens with zero attached hydrogens (tertiary/aromatic N) is 3. The van der Waals surface area contributed by atoms with Crippen LogP contribution in [0, 0.1) is 13.8 Å². The van der Waals surface area contributed by atoms with Gasteiger partial charge in [-0.25, -0.2) is 4.98 Å². The number of aromatic nitrogens is 2. The Hall–Kier alpha value is -2.80. The first-order valence-corrected chi connectivity index (χ1v) is 10.6. The molecule has 152 valence electrons. The second-order valence-corrected chi connectivity index (χ2v) is 7.92. The number of amides is 2. The van der Waals surface area contributed by atoms with Crippen LogP contribution in [0.4, 0.5) is 5.69 Å². The van der Waals surface area contributed by atoms with Gasteiger partial charge in [-0.05, 0) is 44.0 Å². The zero-order valence-electron chi connectivity index (χ0n) is 17.2. The van der Waals surface area contributed by atoms with E-state index in [2.05, 4.69) is 21.8 Å². The number of hydrogen-bond donors (Lipinski definition) is 1. The van der Waals surface area contributed by atoms with Crippen molar-refractivity contribution in [3.05, 3.63) is 53.6 Å². The van der Waals surface area contributed by atoms with E-state index in [-0.39, 0.29) is 24.1 Å². The lowest BCUT2D eigenvalue weighted by atomic mass is 10.1. The molecule has 0 spiro atoms. The second-order valence-electron chi connectivity index (χ2n) is 6.98. The highest BCUT2D eigenvalue weighted by atomic mass is 32.2. The molecule has 2 aromatic carbocycles. The largest absolute Gasteiger partial charge is 0.336 e. The predicted molar refractivity (Wildman–Crippen MR) is 118 cm³/mol. The minimum atomic E-state index is -0.205. The van der Waals surface area contributed by atoms with Gasteiger partial charge in [-0.2, -0.15) is 0 Å². The molecule has 1 N–H and O–H groups in total. The van der Waals surface area contributed by atoms with Crippen LogP contribution in [-0.2, 0) is 16.1 Å². The van der Waals surface area contributed by atoms with Crippen LogP contribution in [0.25, 0.3) is 11.0 Å². The van der Waals surface area contributed by atoms with Gasteiger partial charge in [0.2, 0.25) is 11.8 Å². The van der Waals surface area contributed by atoms with Crippen molar-refractivity contribution in [3.63, 3.8) is 0 Å².